The molecular formula is C24H22F4N2O4. The van der Waals surface area contributed by atoms with Gasteiger partial charge in [0.1, 0.15) is 11.6 Å². The number of rotatable bonds is 6. The summed E-state index contributed by atoms with van der Waals surface area (Å²) in [5, 5.41) is 12.3. The van der Waals surface area contributed by atoms with Crippen molar-refractivity contribution in [2.75, 3.05) is 0 Å². The smallest absolute Gasteiger partial charge is 0.481 e. The molecule has 6 nitrogen and oxygen atoms in total. The Bertz CT molecular complexity index is 1200. The van der Waals surface area contributed by atoms with Gasteiger partial charge < -0.3 is 19.7 Å². The summed E-state index contributed by atoms with van der Waals surface area (Å²) >= 11 is 0. The second-order valence-electron chi connectivity index (χ2n) is 8.35. The summed E-state index contributed by atoms with van der Waals surface area (Å²) in [4.78, 5) is 24.2. The number of hydrogen-bond acceptors (Lipinski definition) is 3. The molecule has 4 rings (SSSR count). The number of halogens is 4. The lowest BCUT2D eigenvalue weighted by Gasteiger charge is -2.27. The van der Waals surface area contributed by atoms with Crippen molar-refractivity contribution in [1.82, 2.24) is 9.88 Å². The molecule has 10 heteroatoms. The summed E-state index contributed by atoms with van der Waals surface area (Å²) in [5.41, 5.74) is 1.26. The Morgan fingerprint density at radius 1 is 1.03 bits per heavy atom. The van der Waals surface area contributed by atoms with E-state index in [4.69, 9.17) is 5.11 Å². The van der Waals surface area contributed by atoms with Crippen molar-refractivity contribution in [3.63, 3.8) is 0 Å². The average Bonchev–Trinajstić information content (AvgIpc) is 3.19. The molecule has 1 aliphatic carbocycles. The Labute approximate surface area is 192 Å². The van der Waals surface area contributed by atoms with E-state index in [1.165, 1.54) is 36.4 Å². The van der Waals surface area contributed by atoms with Crippen molar-refractivity contribution in [3.8, 4) is 5.75 Å². The zero-order valence-electron chi connectivity index (χ0n) is 17.9. The molecule has 2 aromatic carbocycles. The quantitative estimate of drug-likeness (QED) is 0.483. The molecule has 0 aliphatic heterocycles. The van der Waals surface area contributed by atoms with Crippen LogP contribution in [0.3, 0.4) is 0 Å². The van der Waals surface area contributed by atoms with E-state index in [1.54, 1.807) is 16.8 Å². The van der Waals surface area contributed by atoms with Gasteiger partial charge >= 0.3 is 12.3 Å². The van der Waals surface area contributed by atoms with Gasteiger partial charge in [-0.25, -0.2) is 4.39 Å². The Hall–Kier alpha value is -3.56. The fourth-order valence-electron chi connectivity index (χ4n) is 4.35. The van der Waals surface area contributed by atoms with Crippen LogP contribution < -0.4 is 10.1 Å². The van der Waals surface area contributed by atoms with E-state index in [0.717, 1.165) is 0 Å². The molecule has 0 saturated heterocycles. The maximum atomic E-state index is 14.4. The SMILES string of the molecule is O=C(N[C@H]1CC[C@@H](C(=O)O)CC1)c1ccc(F)c2ccn(Cc3ccc(OC(F)(F)F)cc3)c12. The second-order valence-corrected chi connectivity index (χ2v) is 8.35. The predicted molar refractivity (Wildman–Crippen MR) is 115 cm³/mol. The van der Waals surface area contributed by atoms with E-state index in [0.29, 0.717) is 36.8 Å². The third-order valence-corrected chi connectivity index (χ3v) is 6.04. The first-order valence-electron chi connectivity index (χ1n) is 10.8. The Morgan fingerprint density at radius 3 is 2.32 bits per heavy atom. The van der Waals surface area contributed by atoms with Gasteiger partial charge in [-0.15, -0.1) is 13.2 Å². The number of aromatic nitrogens is 1. The second kappa shape index (κ2) is 9.36. The van der Waals surface area contributed by atoms with Gasteiger partial charge in [0, 0.05) is 24.2 Å². The van der Waals surface area contributed by atoms with Crippen molar-refractivity contribution < 1.29 is 37.0 Å². The summed E-state index contributed by atoms with van der Waals surface area (Å²) in [6, 6.07) is 9.29. The van der Waals surface area contributed by atoms with E-state index in [2.05, 4.69) is 10.1 Å². The van der Waals surface area contributed by atoms with Crippen LogP contribution in [0.4, 0.5) is 17.6 Å². The van der Waals surface area contributed by atoms with Gasteiger partial charge in [-0.1, -0.05) is 12.1 Å². The molecule has 1 saturated carbocycles. The Kier molecular flexibility index (Phi) is 6.49. The number of alkyl halides is 3. The Morgan fingerprint density at radius 2 is 1.71 bits per heavy atom. The number of carboxylic acids is 1. The first kappa shape index (κ1) is 23.6. The summed E-state index contributed by atoms with van der Waals surface area (Å²) < 4.78 is 57.1. The van der Waals surface area contributed by atoms with Crippen molar-refractivity contribution >= 4 is 22.8 Å². The number of benzene rings is 2. The normalized spacial score (nSPS) is 18.6. The Balaban J connectivity index is 1.54. The molecule has 1 amide bonds. The van der Waals surface area contributed by atoms with Gasteiger partial charge in [-0.2, -0.15) is 0 Å². The van der Waals surface area contributed by atoms with Crippen molar-refractivity contribution in [3.05, 3.63) is 65.6 Å². The summed E-state index contributed by atoms with van der Waals surface area (Å²) in [6.07, 6.45) is -1.14. The molecule has 2 N–H and O–H groups in total. The van der Waals surface area contributed by atoms with Crippen LogP contribution in [0.2, 0.25) is 0 Å². The van der Waals surface area contributed by atoms with Crippen molar-refractivity contribution in [1.29, 1.82) is 0 Å². The highest BCUT2D eigenvalue weighted by Gasteiger charge is 2.31. The number of carbonyl (C=O) groups is 2. The minimum Gasteiger partial charge on any atom is -0.481 e. The van der Waals surface area contributed by atoms with Crippen LogP contribution in [0.5, 0.6) is 5.75 Å². The summed E-state index contributed by atoms with van der Waals surface area (Å²) in [6.45, 7) is 0.198. The highest BCUT2D eigenvalue weighted by Crippen LogP contribution is 2.28. The van der Waals surface area contributed by atoms with Crippen LogP contribution in [0.15, 0.2) is 48.7 Å². The first-order valence-corrected chi connectivity index (χ1v) is 10.8. The number of fused-ring (bicyclic) bond motifs is 1. The number of carbonyl (C=O) groups excluding carboxylic acids is 1. The minimum absolute atomic E-state index is 0.173. The lowest BCUT2D eigenvalue weighted by atomic mass is 9.86. The van der Waals surface area contributed by atoms with Gasteiger partial charge in [0.15, 0.2) is 0 Å². The van der Waals surface area contributed by atoms with E-state index in [-0.39, 0.29) is 29.3 Å². The molecule has 1 heterocycles. The molecule has 34 heavy (non-hydrogen) atoms. The molecule has 0 radical (unpaired) electrons. The largest absolute Gasteiger partial charge is 0.573 e. The number of carboxylic acid groups (broad SMARTS) is 1. The highest BCUT2D eigenvalue weighted by atomic mass is 19.4. The van der Waals surface area contributed by atoms with Gasteiger partial charge in [0.2, 0.25) is 0 Å². The molecule has 0 spiro atoms. The monoisotopic (exact) mass is 478 g/mol. The molecule has 1 fully saturated rings. The van der Waals surface area contributed by atoms with Crippen LogP contribution in [0.25, 0.3) is 10.9 Å². The third kappa shape index (κ3) is 5.32. The molecule has 0 bridgehead atoms. The van der Waals surface area contributed by atoms with Gasteiger partial charge in [0.05, 0.1) is 17.0 Å². The van der Waals surface area contributed by atoms with Gasteiger partial charge in [-0.05, 0) is 61.6 Å². The van der Waals surface area contributed by atoms with E-state index in [1.807, 2.05) is 0 Å². The topological polar surface area (TPSA) is 80.6 Å². The van der Waals surface area contributed by atoms with E-state index in [9.17, 15) is 27.2 Å². The van der Waals surface area contributed by atoms with Crippen LogP contribution in [-0.4, -0.2) is 34.0 Å². The fourth-order valence-corrected chi connectivity index (χ4v) is 4.35. The molecule has 1 aliphatic rings. The fraction of sp³-hybridized carbons (Fsp3) is 0.333. The molecule has 1 aromatic heterocycles. The lowest BCUT2D eigenvalue weighted by Crippen LogP contribution is -2.38. The number of hydrogen-bond donors (Lipinski definition) is 2. The number of amides is 1. The molecule has 0 atom stereocenters. The minimum atomic E-state index is -4.79. The summed E-state index contributed by atoms with van der Waals surface area (Å²) in [7, 11) is 0. The summed E-state index contributed by atoms with van der Waals surface area (Å²) in [5.74, 6) is -2.48. The van der Waals surface area contributed by atoms with Crippen LogP contribution >= 0.6 is 0 Å². The zero-order chi connectivity index (χ0) is 24.5. The third-order valence-electron chi connectivity index (χ3n) is 6.04. The molecule has 3 aromatic rings. The average molecular weight is 478 g/mol. The lowest BCUT2D eigenvalue weighted by molar-refractivity contribution is -0.274. The van der Waals surface area contributed by atoms with Gasteiger partial charge in [0.25, 0.3) is 5.91 Å². The van der Waals surface area contributed by atoms with Crippen LogP contribution in [0, 0.1) is 11.7 Å². The predicted octanol–water partition coefficient (Wildman–Crippen LogP) is 5.10. The van der Waals surface area contributed by atoms with Crippen molar-refractivity contribution in [2.24, 2.45) is 5.92 Å². The molecular weight excluding hydrogens is 456 g/mol. The van der Waals surface area contributed by atoms with Crippen LogP contribution in [0.1, 0.15) is 41.6 Å². The molecule has 180 valence electrons. The number of ether oxygens (including phenoxy) is 1. The molecule has 0 unspecified atom stereocenters. The maximum absolute atomic E-state index is 14.4. The zero-order valence-corrected chi connectivity index (χ0v) is 17.9. The van der Waals surface area contributed by atoms with E-state index < -0.39 is 30.0 Å². The number of aliphatic carboxylic acids is 1. The number of nitrogens with zero attached hydrogens (tertiary/aromatic N) is 1. The highest BCUT2D eigenvalue weighted by molar-refractivity contribution is 6.06. The standard InChI is InChI=1S/C24H22F4N2O4/c25-20-10-9-19(22(31)29-16-5-3-15(4-6-16)23(32)33)21-18(20)11-12-30(21)13-14-1-7-17(8-2-14)34-24(26,27)28/h1-2,7-12,15-16H,3-6,13H2,(H,29,31)(H,32,33)/t15-,16+. The first-order chi connectivity index (χ1) is 16.1. The van der Waals surface area contributed by atoms with E-state index >= 15 is 0 Å². The maximum Gasteiger partial charge on any atom is 0.573 e. The van der Waals surface area contributed by atoms with Crippen LogP contribution in [-0.2, 0) is 11.3 Å². The van der Waals surface area contributed by atoms with Gasteiger partial charge in [-0.3, -0.25) is 9.59 Å². The number of nitrogens with one attached hydrogen (secondary N) is 1. The van der Waals surface area contributed by atoms with Crippen molar-refractivity contribution in [2.45, 2.75) is 44.6 Å².